The van der Waals surface area contributed by atoms with Crippen LogP contribution < -0.4 is 0 Å². The molecule has 0 saturated heterocycles. The van der Waals surface area contributed by atoms with Crippen molar-refractivity contribution in [3.8, 4) is 0 Å². The van der Waals surface area contributed by atoms with Gasteiger partial charge in [0, 0.05) is 6.54 Å². The minimum atomic E-state index is -0.711. The maximum absolute atomic E-state index is 13.2. The molecule has 26 heavy (non-hydrogen) atoms. The number of carbonyl (C=O) groups excluding carboxylic acids is 2. The van der Waals surface area contributed by atoms with Crippen molar-refractivity contribution in [3.05, 3.63) is 50.6 Å². The molecule has 0 bridgehead atoms. The number of rotatable bonds is 6. The van der Waals surface area contributed by atoms with Gasteiger partial charge in [-0.2, -0.15) is 0 Å². The summed E-state index contributed by atoms with van der Waals surface area (Å²) in [5.41, 5.74) is 0.679. The average Bonchev–Trinajstić information content (AvgIpc) is 3.23. The molecule has 2 aromatic rings. The molecule has 0 aromatic carbocycles. The molecule has 7 heteroatoms. The Kier molecular flexibility index (Phi) is 5.00. The van der Waals surface area contributed by atoms with Crippen LogP contribution in [-0.2, 0) is 4.79 Å². The number of Topliss-reactive ketones (excluding diaryl/α,β-unsaturated/α-hetero) is 1. The summed E-state index contributed by atoms with van der Waals surface area (Å²) < 4.78 is 5.72. The Balaban J connectivity index is 2.08. The normalized spacial score (nSPS) is 17.5. The summed E-state index contributed by atoms with van der Waals surface area (Å²) in [4.78, 5) is 32.1. The van der Waals surface area contributed by atoms with Crippen LogP contribution in [0, 0.1) is 20.8 Å². The zero-order valence-corrected chi connectivity index (χ0v) is 16.1. The molecule has 1 aliphatic rings. The second-order valence-corrected chi connectivity index (χ2v) is 7.65. The highest BCUT2D eigenvalue weighted by Crippen LogP contribution is 2.40. The largest absolute Gasteiger partial charge is 0.503 e. The van der Waals surface area contributed by atoms with E-state index in [0.29, 0.717) is 28.6 Å². The molecule has 0 fully saturated rings. The Hall–Kier alpha value is -2.41. The van der Waals surface area contributed by atoms with Gasteiger partial charge in [0.25, 0.3) is 5.91 Å². The molecule has 1 N–H and O–H groups in total. The Bertz CT molecular complexity index is 893. The van der Waals surface area contributed by atoms with Crippen LogP contribution in [0.25, 0.3) is 0 Å². The van der Waals surface area contributed by atoms with E-state index in [0.717, 1.165) is 17.8 Å². The lowest BCUT2D eigenvalue weighted by Crippen LogP contribution is -2.31. The Morgan fingerprint density at radius 1 is 1.35 bits per heavy atom. The number of hydrogen-bond donors (Lipinski definition) is 1. The summed E-state index contributed by atoms with van der Waals surface area (Å²) in [5, 5.41) is 11.3. The van der Waals surface area contributed by atoms with E-state index < -0.39 is 17.7 Å². The quantitative estimate of drug-likeness (QED) is 0.772. The number of carbonyl (C=O) groups is 2. The molecule has 6 nitrogen and oxygen atoms in total. The van der Waals surface area contributed by atoms with E-state index in [-0.39, 0.29) is 11.4 Å². The molecular weight excluding hydrogens is 352 g/mol. The molecular formula is C19H22N2O4S. The third kappa shape index (κ3) is 3.07. The number of aromatic nitrogens is 1. The van der Waals surface area contributed by atoms with Crippen LogP contribution in [0.3, 0.4) is 0 Å². The van der Waals surface area contributed by atoms with E-state index in [4.69, 9.17) is 4.42 Å². The first-order valence-corrected chi connectivity index (χ1v) is 9.46. The van der Waals surface area contributed by atoms with Gasteiger partial charge in [-0.05, 0) is 39.3 Å². The van der Waals surface area contributed by atoms with Crippen molar-refractivity contribution in [1.82, 2.24) is 9.88 Å². The maximum atomic E-state index is 13.2. The molecule has 1 atom stereocenters. The van der Waals surface area contributed by atoms with Crippen molar-refractivity contribution in [2.24, 2.45) is 0 Å². The molecule has 1 amide bonds. The fourth-order valence-electron chi connectivity index (χ4n) is 3.21. The first kappa shape index (κ1) is 18.4. The minimum absolute atomic E-state index is 0.0761. The highest BCUT2D eigenvalue weighted by atomic mass is 32.1. The predicted molar refractivity (Wildman–Crippen MR) is 98.4 cm³/mol. The van der Waals surface area contributed by atoms with Crippen molar-refractivity contribution >= 4 is 23.0 Å². The van der Waals surface area contributed by atoms with E-state index in [2.05, 4.69) is 4.98 Å². The third-order valence-corrected chi connectivity index (χ3v) is 5.51. The lowest BCUT2D eigenvalue weighted by Gasteiger charge is -2.24. The number of hydrogen-bond acceptors (Lipinski definition) is 6. The summed E-state index contributed by atoms with van der Waals surface area (Å²) >= 11 is 1.27. The van der Waals surface area contributed by atoms with Gasteiger partial charge in [0.2, 0.25) is 5.78 Å². The molecule has 3 heterocycles. The Labute approximate surface area is 156 Å². The van der Waals surface area contributed by atoms with Gasteiger partial charge in [0.1, 0.15) is 17.6 Å². The first-order chi connectivity index (χ1) is 12.3. The Morgan fingerprint density at radius 3 is 2.62 bits per heavy atom. The molecule has 0 saturated carbocycles. The van der Waals surface area contributed by atoms with Gasteiger partial charge in [-0.1, -0.05) is 13.3 Å². The topological polar surface area (TPSA) is 83.6 Å². The van der Waals surface area contributed by atoms with E-state index in [1.54, 1.807) is 26.0 Å². The fourth-order valence-corrected chi connectivity index (χ4v) is 4.08. The van der Waals surface area contributed by atoms with E-state index >= 15 is 0 Å². The molecule has 1 aliphatic heterocycles. The van der Waals surface area contributed by atoms with Crippen LogP contribution in [-0.4, -0.2) is 33.2 Å². The van der Waals surface area contributed by atoms with Gasteiger partial charge in [-0.3, -0.25) is 9.59 Å². The number of nitrogens with zero attached hydrogens (tertiary/aromatic N) is 2. The van der Waals surface area contributed by atoms with Crippen molar-refractivity contribution in [3.63, 3.8) is 0 Å². The van der Waals surface area contributed by atoms with Gasteiger partial charge in [0.05, 0.1) is 21.2 Å². The van der Waals surface area contributed by atoms with Crippen molar-refractivity contribution in [2.45, 2.75) is 46.6 Å². The summed E-state index contributed by atoms with van der Waals surface area (Å²) in [5.74, 6) is -0.212. The van der Waals surface area contributed by atoms with Gasteiger partial charge in [0.15, 0.2) is 5.76 Å². The zero-order chi connectivity index (χ0) is 19.0. The van der Waals surface area contributed by atoms with Crippen molar-refractivity contribution < 1.29 is 19.1 Å². The third-order valence-electron chi connectivity index (χ3n) is 4.44. The fraction of sp³-hybridized carbons (Fsp3) is 0.421. The van der Waals surface area contributed by atoms with Gasteiger partial charge in [-0.15, -0.1) is 11.3 Å². The number of amides is 1. The zero-order valence-electron chi connectivity index (χ0n) is 15.3. The highest BCUT2D eigenvalue weighted by molar-refractivity contribution is 7.14. The highest BCUT2D eigenvalue weighted by Gasteiger charge is 2.45. The van der Waals surface area contributed by atoms with Crippen molar-refractivity contribution in [1.29, 1.82) is 0 Å². The number of thiazole rings is 1. The maximum Gasteiger partial charge on any atom is 0.290 e. The number of unbranched alkanes of at least 4 members (excludes halogenated alkanes) is 1. The average molecular weight is 374 g/mol. The van der Waals surface area contributed by atoms with Crippen molar-refractivity contribution in [2.75, 3.05) is 6.54 Å². The molecule has 0 radical (unpaired) electrons. The van der Waals surface area contributed by atoms with Crippen LogP contribution in [0.2, 0.25) is 0 Å². The number of aliphatic hydroxyl groups is 1. The van der Waals surface area contributed by atoms with E-state index in [9.17, 15) is 14.7 Å². The molecule has 138 valence electrons. The van der Waals surface area contributed by atoms with Gasteiger partial charge >= 0.3 is 0 Å². The lowest BCUT2D eigenvalue weighted by atomic mass is 9.99. The molecule has 0 spiro atoms. The predicted octanol–water partition coefficient (Wildman–Crippen LogP) is 4.04. The van der Waals surface area contributed by atoms with Gasteiger partial charge < -0.3 is 14.4 Å². The monoisotopic (exact) mass is 374 g/mol. The van der Waals surface area contributed by atoms with E-state index in [1.807, 2.05) is 13.8 Å². The van der Waals surface area contributed by atoms with E-state index in [1.165, 1.54) is 16.2 Å². The summed E-state index contributed by atoms with van der Waals surface area (Å²) in [7, 11) is 0. The SMILES string of the molecule is CCCCN1C(=O)C(O)=C(C(=O)c2sc(C)nc2C)C1c1ccc(C)o1. The van der Waals surface area contributed by atoms with Crippen LogP contribution in [0.5, 0.6) is 0 Å². The smallest absolute Gasteiger partial charge is 0.290 e. The Morgan fingerprint density at radius 2 is 2.08 bits per heavy atom. The number of ketones is 1. The number of furan rings is 1. The van der Waals surface area contributed by atoms with Crippen LogP contribution >= 0.6 is 11.3 Å². The summed E-state index contributed by atoms with van der Waals surface area (Å²) in [6.45, 7) is 7.85. The lowest BCUT2D eigenvalue weighted by molar-refractivity contribution is -0.129. The van der Waals surface area contributed by atoms with Crippen LogP contribution in [0.1, 0.15) is 57.7 Å². The summed E-state index contributed by atoms with van der Waals surface area (Å²) in [6.07, 6.45) is 1.67. The minimum Gasteiger partial charge on any atom is -0.503 e. The van der Waals surface area contributed by atoms with Crippen LogP contribution in [0.4, 0.5) is 0 Å². The van der Waals surface area contributed by atoms with Crippen LogP contribution in [0.15, 0.2) is 27.9 Å². The number of aryl methyl sites for hydroxylation is 3. The second kappa shape index (κ2) is 7.07. The number of aliphatic hydroxyl groups excluding tert-OH is 1. The first-order valence-electron chi connectivity index (χ1n) is 8.64. The standard InChI is InChI=1S/C19H22N2O4S/c1-5-6-9-21-15(13-8-7-10(2)25-13)14(17(23)19(21)24)16(22)18-11(3)20-12(4)26-18/h7-8,15,23H,5-6,9H2,1-4H3. The molecule has 0 aliphatic carbocycles. The second-order valence-electron chi connectivity index (χ2n) is 6.44. The van der Waals surface area contributed by atoms with Gasteiger partial charge in [-0.25, -0.2) is 4.98 Å². The molecule has 1 unspecified atom stereocenters. The summed E-state index contributed by atoms with van der Waals surface area (Å²) in [6, 6.07) is 2.83. The molecule has 2 aromatic heterocycles. The molecule has 3 rings (SSSR count).